The summed E-state index contributed by atoms with van der Waals surface area (Å²) in [7, 11) is 0. The average Bonchev–Trinajstić information content (AvgIpc) is 3.75. The number of fused-ring (bicyclic) bond motifs is 10. The van der Waals surface area contributed by atoms with Gasteiger partial charge in [-0.25, -0.2) is 4.98 Å². The maximum atomic E-state index is 5.33. The smallest absolute Gasteiger partial charge is 0.138 e. The molecule has 9 aromatic rings. The molecule has 0 aliphatic rings. The zero-order valence-electron chi connectivity index (χ0n) is 21.7. The standard InChI is InChI=1S/C35H20N4S2/c1-3-11-21(12-4-1)23-19-26(22-13-5-2-6-14-22)36-29(20-23)39-27-17-9-7-15-24(27)30-32-33(38-41-37-32)31-25-16-8-10-18-28(25)40-35(31)34(30)39/h1-20H. The third-order valence-electron chi connectivity index (χ3n) is 7.86. The van der Waals surface area contributed by atoms with Crippen LogP contribution in [-0.4, -0.2) is 18.3 Å². The van der Waals surface area contributed by atoms with Crippen molar-refractivity contribution in [2.45, 2.75) is 0 Å². The van der Waals surface area contributed by atoms with E-state index in [0.29, 0.717) is 0 Å². The summed E-state index contributed by atoms with van der Waals surface area (Å²) in [6.07, 6.45) is 0. The zero-order chi connectivity index (χ0) is 26.9. The quantitative estimate of drug-likeness (QED) is 0.216. The highest BCUT2D eigenvalue weighted by atomic mass is 32.1. The minimum atomic E-state index is 0.887. The van der Waals surface area contributed by atoms with Crippen LogP contribution in [0, 0.1) is 0 Å². The number of benzene rings is 5. The molecule has 6 heteroatoms. The minimum Gasteiger partial charge on any atom is -0.292 e. The van der Waals surface area contributed by atoms with Crippen molar-refractivity contribution < 1.29 is 0 Å². The molecule has 9 rings (SSSR count). The third kappa shape index (κ3) is 3.35. The van der Waals surface area contributed by atoms with Crippen LogP contribution in [-0.2, 0) is 0 Å². The molecule has 4 aromatic heterocycles. The summed E-state index contributed by atoms with van der Waals surface area (Å²) in [6, 6.07) is 42.6. The molecule has 0 fully saturated rings. The van der Waals surface area contributed by atoms with Crippen LogP contribution in [0.4, 0.5) is 0 Å². The topological polar surface area (TPSA) is 43.6 Å². The summed E-state index contributed by atoms with van der Waals surface area (Å²) < 4.78 is 14.5. The minimum absolute atomic E-state index is 0.887. The van der Waals surface area contributed by atoms with E-state index in [2.05, 4.69) is 120 Å². The van der Waals surface area contributed by atoms with Crippen LogP contribution in [0.25, 0.3) is 81.2 Å². The highest BCUT2D eigenvalue weighted by Crippen LogP contribution is 2.47. The lowest BCUT2D eigenvalue weighted by Crippen LogP contribution is -2.00. The van der Waals surface area contributed by atoms with Gasteiger partial charge in [0, 0.05) is 31.8 Å². The molecule has 0 N–H and O–H groups in total. The van der Waals surface area contributed by atoms with Crippen molar-refractivity contribution in [1.29, 1.82) is 0 Å². The van der Waals surface area contributed by atoms with Gasteiger partial charge in [-0.05, 0) is 35.4 Å². The van der Waals surface area contributed by atoms with Gasteiger partial charge in [-0.3, -0.25) is 4.57 Å². The van der Waals surface area contributed by atoms with Crippen LogP contribution in [0.2, 0.25) is 0 Å². The maximum absolute atomic E-state index is 5.33. The van der Waals surface area contributed by atoms with Crippen molar-refractivity contribution in [3.8, 4) is 28.2 Å². The second-order valence-electron chi connectivity index (χ2n) is 10.2. The Morgan fingerprint density at radius 3 is 2.02 bits per heavy atom. The molecule has 5 aromatic carbocycles. The Labute approximate surface area is 243 Å². The van der Waals surface area contributed by atoms with Crippen LogP contribution in [0.3, 0.4) is 0 Å². The predicted octanol–water partition coefficient (Wildman–Crippen LogP) is 9.89. The Balaban J connectivity index is 1.49. The largest absolute Gasteiger partial charge is 0.292 e. The highest BCUT2D eigenvalue weighted by molar-refractivity contribution is 7.27. The van der Waals surface area contributed by atoms with Crippen molar-refractivity contribution in [3.63, 3.8) is 0 Å². The number of nitrogens with zero attached hydrogens (tertiary/aromatic N) is 4. The molecule has 0 aliphatic carbocycles. The molecular formula is C35H20N4S2. The molecule has 0 bridgehead atoms. The van der Waals surface area contributed by atoms with Crippen molar-refractivity contribution in [2.75, 3.05) is 0 Å². The van der Waals surface area contributed by atoms with E-state index in [4.69, 9.17) is 13.7 Å². The first-order valence-electron chi connectivity index (χ1n) is 13.5. The monoisotopic (exact) mass is 560 g/mol. The summed E-state index contributed by atoms with van der Waals surface area (Å²) in [5.41, 5.74) is 8.50. The fourth-order valence-corrected chi connectivity index (χ4v) is 7.89. The van der Waals surface area contributed by atoms with E-state index in [1.165, 1.54) is 31.9 Å². The van der Waals surface area contributed by atoms with Gasteiger partial charge < -0.3 is 0 Å². The molecule has 0 radical (unpaired) electrons. The first-order valence-corrected chi connectivity index (χ1v) is 15.0. The number of rotatable bonds is 3. The molecule has 0 atom stereocenters. The van der Waals surface area contributed by atoms with E-state index in [1.54, 1.807) is 0 Å². The number of hydrogen-bond acceptors (Lipinski definition) is 5. The highest BCUT2D eigenvalue weighted by Gasteiger charge is 2.24. The van der Waals surface area contributed by atoms with Gasteiger partial charge in [0.2, 0.25) is 0 Å². The van der Waals surface area contributed by atoms with Crippen LogP contribution in [0.5, 0.6) is 0 Å². The number of thiophene rings is 1. The van der Waals surface area contributed by atoms with Crippen molar-refractivity contribution >= 4 is 76.1 Å². The van der Waals surface area contributed by atoms with E-state index in [-0.39, 0.29) is 0 Å². The van der Waals surface area contributed by atoms with Crippen molar-refractivity contribution in [1.82, 2.24) is 18.3 Å². The lowest BCUT2D eigenvalue weighted by molar-refractivity contribution is 1.09. The van der Waals surface area contributed by atoms with E-state index >= 15 is 0 Å². The van der Waals surface area contributed by atoms with Crippen molar-refractivity contribution in [2.24, 2.45) is 0 Å². The third-order valence-corrected chi connectivity index (χ3v) is 9.57. The molecule has 4 heterocycles. The summed E-state index contributed by atoms with van der Waals surface area (Å²) >= 11 is 3.11. The lowest BCUT2D eigenvalue weighted by Gasteiger charge is -2.13. The number of pyridine rings is 1. The predicted molar refractivity (Wildman–Crippen MR) is 173 cm³/mol. The fourth-order valence-electron chi connectivity index (χ4n) is 6.08. The second kappa shape index (κ2) is 8.80. The Morgan fingerprint density at radius 1 is 0.561 bits per heavy atom. The molecule has 0 aliphatic heterocycles. The van der Waals surface area contributed by atoms with Gasteiger partial charge in [-0.2, -0.15) is 8.75 Å². The van der Waals surface area contributed by atoms with Crippen LogP contribution >= 0.6 is 23.1 Å². The van der Waals surface area contributed by atoms with Gasteiger partial charge in [0.25, 0.3) is 0 Å². The number of para-hydroxylation sites is 1. The molecule has 41 heavy (non-hydrogen) atoms. The van der Waals surface area contributed by atoms with Gasteiger partial charge in [-0.15, -0.1) is 11.3 Å². The molecular weight excluding hydrogens is 541 g/mol. The summed E-state index contributed by atoms with van der Waals surface area (Å²) in [6.45, 7) is 0. The normalized spacial score (nSPS) is 11.9. The SMILES string of the molecule is c1ccc(-c2cc(-c3ccccc3)nc(-n3c4ccccc4c4c5nsnc5c5c6ccccc6sc5c43)c2)cc1. The fraction of sp³-hybridized carbons (Fsp3) is 0. The van der Waals surface area contributed by atoms with Gasteiger partial charge in [0.15, 0.2) is 0 Å². The second-order valence-corrected chi connectivity index (χ2v) is 11.8. The number of hydrogen-bond donors (Lipinski definition) is 0. The average molecular weight is 561 g/mol. The first kappa shape index (κ1) is 22.9. The van der Waals surface area contributed by atoms with E-state index in [9.17, 15) is 0 Å². The molecule has 0 amide bonds. The van der Waals surface area contributed by atoms with Gasteiger partial charge in [0.05, 0.1) is 33.2 Å². The van der Waals surface area contributed by atoms with Crippen LogP contribution in [0.15, 0.2) is 121 Å². The van der Waals surface area contributed by atoms with Gasteiger partial charge in [-0.1, -0.05) is 97.1 Å². The van der Waals surface area contributed by atoms with E-state index in [1.807, 2.05) is 17.4 Å². The van der Waals surface area contributed by atoms with Crippen LogP contribution < -0.4 is 0 Å². The summed E-state index contributed by atoms with van der Waals surface area (Å²) in [5.74, 6) is 0.887. The Morgan fingerprint density at radius 2 is 1.22 bits per heavy atom. The molecule has 4 nitrogen and oxygen atoms in total. The van der Waals surface area contributed by atoms with Crippen molar-refractivity contribution in [3.05, 3.63) is 121 Å². The Bertz CT molecular complexity index is 2360. The maximum Gasteiger partial charge on any atom is 0.138 e. The van der Waals surface area contributed by atoms with Gasteiger partial charge in [0.1, 0.15) is 16.9 Å². The first-order chi connectivity index (χ1) is 20.3. The molecule has 0 unspecified atom stereocenters. The molecule has 0 saturated carbocycles. The summed E-state index contributed by atoms with van der Waals surface area (Å²) in [5, 5.41) is 4.69. The van der Waals surface area contributed by atoms with E-state index < -0.39 is 0 Å². The van der Waals surface area contributed by atoms with Crippen LogP contribution in [0.1, 0.15) is 0 Å². The van der Waals surface area contributed by atoms with E-state index in [0.717, 1.165) is 61.0 Å². The van der Waals surface area contributed by atoms with Gasteiger partial charge >= 0.3 is 0 Å². The number of aromatic nitrogens is 4. The molecule has 192 valence electrons. The zero-order valence-corrected chi connectivity index (χ0v) is 23.3. The lowest BCUT2D eigenvalue weighted by atomic mass is 10.0. The molecule has 0 saturated heterocycles. The Hall–Kier alpha value is -4.91. The Kier molecular flexibility index (Phi) is 4.90. The molecule has 0 spiro atoms. The summed E-state index contributed by atoms with van der Waals surface area (Å²) in [4.78, 5) is 5.33.